The molecule has 1 fully saturated rings. The number of nitrogen functional groups attached to an aromatic ring is 1. The Labute approximate surface area is 102 Å². The van der Waals surface area contributed by atoms with Crippen LogP contribution in [0, 0.1) is 0 Å². The van der Waals surface area contributed by atoms with E-state index in [1.165, 1.54) is 5.56 Å². The lowest BCUT2D eigenvalue weighted by Crippen LogP contribution is -2.22. The van der Waals surface area contributed by atoms with Crippen molar-refractivity contribution < 1.29 is 9.47 Å². The van der Waals surface area contributed by atoms with E-state index in [0.29, 0.717) is 11.8 Å². The summed E-state index contributed by atoms with van der Waals surface area (Å²) in [5.74, 6) is 0.741. The Morgan fingerprint density at radius 1 is 1.41 bits per heavy atom. The third kappa shape index (κ3) is 2.90. The molecule has 1 aliphatic rings. The van der Waals surface area contributed by atoms with Gasteiger partial charge in [-0.3, -0.25) is 4.90 Å². The van der Waals surface area contributed by atoms with Crippen molar-refractivity contribution in [2.75, 3.05) is 33.0 Å². The van der Waals surface area contributed by atoms with Gasteiger partial charge in [-0.25, -0.2) is 0 Å². The van der Waals surface area contributed by atoms with Crippen molar-refractivity contribution >= 4 is 5.69 Å². The normalized spacial score (nSPS) is 20.7. The van der Waals surface area contributed by atoms with Crippen LogP contribution in [0.3, 0.4) is 0 Å². The zero-order valence-electron chi connectivity index (χ0n) is 10.5. The fourth-order valence-corrected chi connectivity index (χ4v) is 2.27. The smallest absolute Gasteiger partial charge is 0.141 e. The zero-order valence-corrected chi connectivity index (χ0v) is 10.5. The molecule has 1 atom stereocenters. The first-order valence-electron chi connectivity index (χ1n) is 5.90. The number of methoxy groups -OCH3 is 2. The Balaban J connectivity index is 1.97. The van der Waals surface area contributed by atoms with Crippen molar-refractivity contribution in [2.45, 2.75) is 19.1 Å². The van der Waals surface area contributed by atoms with Gasteiger partial charge in [0, 0.05) is 26.7 Å². The fraction of sp³-hybridized carbons (Fsp3) is 0.538. The maximum absolute atomic E-state index is 5.89. The molecule has 1 aromatic rings. The molecule has 1 unspecified atom stereocenters. The second-order valence-corrected chi connectivity index (χ2v) is 4.46. The molecule has 0 spiro atoms. The number of hydrogen-bond donors (Lipinski definition) is 1. The molecule has 17 heavy (non-hydrogen) atoms. The van der Waals surface area contributed by atoms with E-state index in [2.05, 4.69) is 11.0 Å². The van der Waals surface area contributed by atoms with Crippen LogP contribution in [0.5, 0.6) is 5.75 Å². The Bertz CT molecular complexity index is 382. The predicted octanol–water partition coefficient (Wildman–Crippen LogP) is 1.50. The summed E-state index contributed by atoms with van der Waals surface area (Å²) in [5, 5.41) is 0. The second-order valence-electron chi connectivity index (χ2n) is 4.46. The van der Waals surface area contributed by atoms with Crippen LogP contribution in [0.15, 0.2) is 18.2 Å². The van der Waals surface area contributed by atoms with Crippen molar-refractivity contribution in [1.82, 2.24) is 4.90 Å². The van der Waals surface area contributed by atoms with Gasteiger partial charge < -0.3 is 15.2 Å². The standard InChI is InChI=1S/C13H20N2O2/c1-16-11-5-6-15(9-11)8-10-3-4-13(17-2)12(14)7-10/h3-4,7,11H,5-6,8-9,14H2,1-2H3. The minimum Gasteiger partial charge on any atom is -0.495 e. The van der Waals surface area contributed by atoms with Crippen LogP contribution < -0.4 is 10.5 Å². The van der Waals surface area contributed by atoms with E-state index in [4.69, 9.17) is 15.2 Å². The molecule has 4 nitrogen and oxygen atoms in total. The molecule has 1 heterocycles. The van der Waals surface area contributed by atoms with E-state index >= 15 is 0 Å². The summed E-state index contributed by atoms with van der Waals surface area (Å²) in [7, 11) is 3.41. The number of hydrogen-bond acceptors (Lipinski definition) is 4. The molecule has 1 aromatic carbocycles. The molecule has 0 radical (unpaired) electrons. The Morgan fingerprint density at radius 3 is 2.82 bits per heavy atom. The number of ether oxygens (including phenoxy) is 2. The van der Waals surface area contributed by atoms with Crippen molar-refractivity contribution in [3.8, 4) is 5.75 Å². The third-order valence-electron chi connectivity index (χ3n) is 3.26. The van der Waals surface area contributed by atoms with Crippen LogP contribution in [0.1, 0.15) is 12.0 Å². The molecule has 1 aliphatic heterocycles. The summed E-state index contributed by atoms with van der Waals surface area (Å²) < 4.78 is 10.5. The molecule has 0 aromatic heterocycles. The van der Waals surface area contributed by atoms with Gasteiger partial charge in [0.05, 0.1) is 18.9 Å². The highest BCUT2D eigenvalue weighted by Gasteiger charge is 2.21. The quantitative estimate of drug-likeness (QED) is 0.805. The number of anilines is 1. The van der Waals surface area contributed by atoms with Gasteiger partial charge in [-0.05, 0) is 24.1 Å². The first-order valence-corrected chi connectivity index (χ1v) is 5.90. The summed E-state index contributed by atoms with van der Waals surface area (Å²) in [4.78, 5) is 2.38. The highest BCUT2D eigenvalue weighted by atomic mass is 16.5. The number of rotatable bonds is 4. The van der Waals surface area contributed by atoms with Gasteiger partial charge in [0.1, 0.15) is 5.75 Å². The molecule has 0 aliphatic carbocycles. The van der Waals surface area contributed by atoms with Gasteiger partial charge in [0.15, 0.2) is 0 Å². The molecule has 0 amide bonds. The molecule has 0 saturated carbocycles. The van der Waals surface area contributed by atoms with Crippen LogP contribution in [0.4, 0.5) is 5.69 Å². The molecule has 1 saturated heterocycles. The van der Waals surface area contributed by atoms with E-state index < -0.39 is 0 Å². The van der Waals surface area contributed by atoms with Gasteiger partial charge >= 0.3 is 0 Å². The number of nitrogens with zero attached hydrogens (tertiary/aromatic N) is 1. The Hall–Kier alpha value is -1.26. The second kappa shape index (κ2) is 5.38. The Kier molecular flexibility index (Phi) is 3.86. The van der Waals surface area contributed by atoms with Gasteiger partial charge in [-0.2, -0.15) is 0 Å². The van der Waals surface area contributed by atoms with E-state index in [1.54, 1.807) is 14.2 Å². The Morgan fingerprint density at radius 2 is 2.24 bits per heavy atom. The summed E-state index contributed by atoms with van der Waals surface area (Å²) in [6.45, 7) is 3.01. The predicted molar refractivity (Wildman–Crippen MR) is 68.1 cm³/mol. The van der Waals surface area contributed by atoms with Crippen LogP contribution in [-0.4, -0.2) is 38.3 Å². The maximum Gasteiger partial charge on any atom is 0.141 e. The lowest BCUT2D eigenvalue weighted by molar-refractivity contribution is 0.107. The minimum absolute atomic E-state index is 0.380. The maximum atomic E-state index is 5.89. The van der Waals surface area contributed by atoms with E-state index in [-0.39, 0.29) is 0 Å². The molecule has 2 N–H and O–H groups in total. The largest absolute Gasteiger partial charge is 0.495 e. The topological polar surface area (TPSA) is 47.7 Å². The fourth-order valence-electron chi connectivity index (χ4n) is 2.27. The number of likely N-dealkylation sites (tertiary alicyclic amines) is 1. The van der Waals surface area contributed by atoms with Gasteiger partial charge in [0.25, 0.3) is 0 Å². The molecular formula is C13H20N2O2. The lowest BCUT2D eigenvalue weighted by atomic mass is 10.2. The van der Waals surface area contributed by atoms with Gasteiger partial charge in [0.2, 0.25) is 0 Å². The minimum atomic E-state index is 0.380. The van der Waals surface area contributed by atoms with Crippen LogP contribution >= 0.6 is 0 Å². The lowest BCUT2D eigenvalue weighted by Gasteiger charge is -2.16. The highest BCUT2D eigenvalue weighted by Crippen LogP contribution is 2.23. The average Bonchev–Trinajstić information content (AvgIpc) is 2.77. The van der Waals surface area contributed by atoms with Crippen LogP contribution in [-0.2, 0) is 11.3 Å². The summed E-state index contributed by atoms with van der Waals surface area (Å²) in [6, 6.07) is 5.98. The number of benzene rings is 1. The summed E-state index contributed by atoms with van der Waals surface area (Å²) >= 11 is 0. The van der Waals surface area contributed by atoms with Crippen molar-refractivity contribution in [3.63, 3.8) is 0 Å². The molecule has 0 bridgehead atoms. The molecule has 2 rings (SSSR count). The van der Waals surface area contributed by atoms with E-state index in [0.717, 1.165) is 31.8 Å². The highest BCUT2D eigenvalue weighted by molar-refractivity contribution is 5.54. The van der Waals surface area contributed by atoms with Crippen molar-refractivity contribution in [1.29, 1.82) is 0 Å². The van der Waals surface area contributed by atoms with E-state index in [1.807, 2.05) is 12.1 Å². The third-order valence-corrected chi connectivity index (χ3v) is 3.26. The van der Waals surface area contributed by atoms with Gasteiger partial charge in [-0.15, -0.1) is 0 Å². The van der Waals surface area contributed by atoms with Crippen molar-refractivity contribution in [2.24, 2.45) is 0 Å². The number of nitrogens with two attached hydrogens (primary N) is 1. The first-order chi connectivity index (χ1) is 8.22. The SMILES string of the molecule is COc1ccc(CN2CCC(OC)C2)cc1N. The van der Waals surface area contributed by atoms with Crippen LogP contribution in [0.2, 0.25) is 0 Å². The monoisotopic (exact) mass is 236 g/mol. The van der Waals surface area contributed by atoms with Crippen molar-refractivity contribution in [3.05, 3.63) is 23.8 Å². The first kappa shape index (κ1) is 12.2. The molecule has 94 valence electrons. The van der Waals surface area contributed by atoms with Crippen LogP contribution in [0.25, 0.3) is 0 Å². The van der Waals surface area contributed by atoms with E-state index in [9.17, 15) is 0 Å². The summed E-state index contributed by atoms with van der Waals surface area (Å²) in [5.41, 5.74) is 7.82. The summed E-state index contributed by atoms with van der Waals surface area (Å²) in [6.07, 6.45) is 1.49. The zero-order chi connectivity index (χ0) is 12.3. The average molecular weight is 236 g/mol. The van der Waals surface area contributed by atoms with Gasteiger partial charge in [-0.1, -0.05) is 6.07 Å². The molecule has 4 heteroatoms. The molecular weight excluding hydrogens is 216 g/mol.